The molecule has 1 aromatic heterocycles. The number of nitrogens with zero attached hydrogens (tertiary/aromatic N) is 1. The molecular formula is C16H17N3O2. The molecule has 5 heteroatoms. The fourth-order valence-corrected chi connectivity index (χ4v) is 2.46. The standard InChI is InChI=1S/C16H17N3O2/c1-21-16(20)13-7-11(17)9-18-15(13)19-14-8-12(14)10-5-3-2-4-6-10/h2-7,9,12,14H,8,17H2,1H3,(H,18,19). The van der Waals surface area contributed by atoms with Gasteiger partial charge in [-0.05, 0) is 18.1 Å². The molecule has 3 rings (SSSR count). The Morgan fingerprint density at radius 3 is 2.86 bits per heavy atom. The summed E-state index contributed by atoms with van der Waals surface area (Å²) in [6, 6.07) is 12.2. The molecule has 2 atom stereocenters. The van der Waals surface area contributed by atoms with Crippen molar-refractivity contribution in [2.24, 2.45) is 0 Å². The van der Waals surface area contributed by atoms with Crippen LogP contribution in [-0.4, -0.2) is 24.1 Å². The summed E-state index contributed by atoms with van der Waals surface area (Å²) in [5.41, 5.74) is 7.80. The Morgan fingerprint density at radius 2 is 2.14 bits per heavy atom. The van der Waals surface area contributed by atoms with Crippen molar-refractivity contribution in [1.29, 1.82) is 0 Å². The minimum Gasteiger partial charge on any atom is -0.465 e. The molecule has 0 saturated heterocycles. The molecule has 1 saturated carbocycles. The highest BCUT2D eigenvalue weighted by Gasteiger charge is 2.39. The zero-order chi connectivity index (χ0) is 14.8. The summed E-state index contributed by atoms with van der Waals surface area (Å²) in [6.45, 7) is 0. The summed E-state index contributed by atoms with van der Waals surface area (Å²) < 4.78 is 4.77. The molecule has 1 fully saturated rings. The monoisotopic (exact) mass is 283 g/mol. The van der Waals surface area contributed by atoms with Crippen molar-refractivity contribution in [2.45, 2.75) is 18.4 Å². The Balaban J connectivity index is 1.76. The molecule has 0 aliphatic heterocycles. The molecule has 0 radical (unpaired) electrons. The van der Waals surface area contributed by atoms with Crippen molar-refractivity contribution in [3.05, 3.63) is 53.7 Å². The van der Waals surface area contributed by atoms with E-state index < -0.39 is 5.97 Å². The van der Waals surface area contributed by atoms with E-state index in [1.165, 1.54) is 18.9 Å². The molecule has 1 aliphatic rings. The van der Waals surface area contributed by atoms with Gasteiger partial charge in [-0.2, -0.15) is 0 Å². The number of rotatable bonds is 4. The third-order valence-electron chi connectivity index (χ3n) is 3.65. The van der Waals surface area contributed by atoms with E-state index >= 15 is 0 Å². The van der Waals surface area contributed by atoms with Crippen LogP contribution >= 0.6 is 0 Å². The van der Waals surface area contributed by atoms with Gasteiger partial charge >= 0.3 is 5.97 Å². The smallest absolute Gasteiger partial charge is 0.341 e. The molecule has 0 amide bonds. The topological polar surface area (TPSA) is 77.2 Å². The first kappa shape index (κ1) is 13.4. The maximum absolute atomic E-state index is 11.8. The summed E-state index contributed by atoms with van der Waals surface area (Å²) in [7, 11) is 1.35. The number of benzene rings is 1. The number of carbonyl (C=O) groups excluding carboxylic acids is 1. The van der Waals surface area contributed by atoms with Gasteiger partial charge in [0, 0.05) is 12.0 Å². The van der Waals surface area contributed by atoms with Crippen LogP contribution in [-0.2, 0) is 4.74 Å². The average Bonchev–Trinajstić information content (AvgIpc) is 3.28. The van der Waals surface area contributed by atoms with Crippen LogP contribution in [0, 0.1) is 0 Å². The van der Waals surface area contributed by atoms with Gasteiger partial charge in [0.05, 0.1) is 19.0 Å². The van der Waals surface area contributed by atoms with Gasteiger partial charge in [-0.15, -0.1) is 0 Å². The molecule has 1 heterocycles. The predicted octanol–water partition coefficient (Wildman–Crippen LogP) is 2.42. The lowest BCUT2D eigenvalue weighted by molar-refractivity contribution is 0.0601. The van der Waals surface area contributed by atoms with Gasteiger partial charge in [-0.25, -0.2) is 9.78 Å². The highest BCUT2D eigenvalue weighted by atomic mass is 16.5. The summed E-state index contributed by atoms with van der Waals surface area (Å²) in [6.07, 6.45) is 2.56. The van der Waals surface area contributed by atoms with Crippen molar-refractivity contribution in [3.8, 4) is 0 Å². The second-order valence-electron chi connectivity index (χ2n) is 5.16. The molecule has 108 valence electrons. The number of hydrogen-bond donors (Lipinski definition) is 2. The lowest BCUT2D eigenvalue weighted by atomic mass is 10.1. The van der Waals surface area contributed by atoms with E-state index in [-0.39, 0.29) is 6.04 Å². The maximum atomic E-state index is 11.8. The molecule has 21 heavy (non-hydrogen) atoms. The molecular weight excluding hydrogens is 266 g/mol. The van der Waals surface area contributed by atoms with Crippen LogP contribution in [0.3, 0.4) is 0 Å². The Hall–Kier alpha value is -2.56. The fraction of sp³-hybridized carbons (Fsp3) is 0.250. The van der Waals surface area contributed by atoms with Crippen LogP contribution in [0.4, 0.5) is 11.5 Å². The minimum absolute atomic E-state index is 0.284. The van der Waals surface area contributed by atoms with Crippen molar-refractivity contribution in [3.63, 3.8) is 0 Å². The third kappa shape index (κ3) is 2.81. The zero-order valence-electron chi connectivity index (χ0n) is 11.7. The second kappa shape index (κ2) is 5.44. The number of pyridine rings is 1. The minimum atomic E-state index is -0.436. The summed E-state index contributed by atoms with van der Waals surface area (Å²) in [4.78, 5) is 16.0. The van der Waals surface area contributed by atoms with Crippen molar-refractivity contribution < 1.29 is 9.53 Å². The van der Waals surface area contributed by atoms with E-state index in [9.17, 15) is 4.79 Å². The average molecular weight is 283 g/mol. The molecule has 3 N–H and O–H groups in total. The Morgan fingerprint density at radius 1 is 1.38 bits per heavy atom. The Bertz CT molecular complexity index is 658. The van der Waals surface area contributed by atoms with Gasteiger partial charge in [0.25, 0.3) is 0 Å². The number of nitrogen functional groups attached to an aromatic ring is 1. The van der Waals surface area contributed by atoms with Crippen LogP contribution in [0.15, 0.2) is 42.6 Å². The van der Waals surface area contributed by atoms with E-state index in [0.717, 1.165) is 6.42 Å². The van der Waals surface area contributed by atoms with E-state index in [1.807, 2.05) is 18.2 Å². The number of methoxy groups -OCH3 is 1. The van der Waals surface area contributed by atoms with Crippen molar-refractivity contribution in [1.82, 2.24) is 4.98 Å². The number of anilines is 2. The van der Waals surface area contributed by atoms with Crippen LogP contribution in [0.2, 0.25) is 0 Å². The first-order valence-corrected chi connectivity index (χ1v) is 6.84. The van der Waals surface area contributed by atoms with Crippen LogP contribution < -0.4 is 11.1 Å². The lowest BCUT2D eigenvalue weighted by Gasteiger charge is -2.10. The SMILES string of the molecule is COC(=O)c1cc(N)cnc1NC1CC1c1ccccc1. The molecule has 0 spiro atoms. The normalized spacial score (nSPS) is 19.9. The van der Waals surface area contributed by atoms with Crippen molar-refractivity contribution in [2.75, 3.05) is 18.2 Å². The number of hydrogen-bond acceptors (Lipinski definition) is 5. The third-order valence-corrected chi connectivity index (χ3v) is 3.65. The van der Waals surface area contributed by atoms with Crippen LogP contribution in [0.5, 0.6) is 0 Å². The summed E-state index contributed by atoms with van der Waals surface area (Å²) >= 11 is 0. The van der Waals surface area contributed by atoms with Gasteiger partial charge in [0.1, 0.15) is 11.4 Å². The highest BCUT2D eigenvalue weighted by molar-refractivity contribution is 5.95. The number of carbonyl (C=O) groups is 1. The number of esters is 1. The molecule has 5 nitrogen and oxygen atoms in total. The second-order valence-corrected chi connectivity index (χ2v) is 5.16. The molecule has 1 aromatic carbocycles. The van der Waals surface area contributed by atoms with Gasteiger partial charge in [-0.3, -0.25) is 0 Å². The largest absolute Gasteiger partial charge is 0.465 e. The summed E-state index contributed by atoms with van der Waals surface area (Å²) in [5.74, 6) is 0.546. The van der Waals surface area contributed by atoms with Crippen molar-refractivity contribution >= 4 is 17.5 Å². The quantitative estimate of drug-likeness (QED) is 0.843. The number of ether oxygens (including phenoxy) is 1. The lowest BCUT2D eigenvalue weighted by Crippen LogP contribution is -2.13. The molecule has 1 aliphatic carbocycles. The van der Waals surface area contributed by atoms with E-state index in [4.69, 9.17) is 10.5 Å². The zero-order valence-corrected chi connectivity index (χ0v) is 11.7. The number of nitrogens with one attached hydrogen (secondary N) is 1. The van der Waals surface area contributed by atoms with Crippen LogP contribution in [0.1, 0.15) is 28.3 Å². The first-order chi connectivity index (χ1) is 10.2. The molecule has 0 bridgehead atoms. The van der Waals surface area contributed by atoms with Gasteiger partial charge < -0.3 is 15.8 Å². The van der Waals surface area contributed by atoms with Crippen LogP contribution in [0.25, 0.3) is 0 Å². The Labute approximate surface area is 123 Å². The van der Waals surface area contributed by atoms with Gasteiger partial charge in [0.2, 0.25) is 0 Å². The number of aromatic nitrogens is 1. The fourth-order valence-electron chi connectivity index (χ4n) is 2.46. The molecule has 2 aromatic rings. The highest BCUT2D eigenvalue weighted by Crippen LogP contribution is 2.42. The van der Waals surface area contributed by atoms with E-state index in [1.54, 1.807) is 6.07 Å². The maximum Gasteiger partial charge on any atom is 0.341 e. The van der Waals surface area contributed by atoms with Gasteiger partial charge in [-0.1, -0.05) is 30.3 Å². The van der Waals surface area contributed by atoms with E-state index in [0.29, 0.717) is 23.0 Å². The summed E-state index contributed by atoms with van der Waals surface area (Å²) in [5, 5.41) is 3.31. The first-order valence-electron chi connectivity index (χ1n) is 6.84. The molecule has 2 unspecified atom stereocenters. The van der Waals surface area contributed by atoms with Gasteiger partial charge in [0.15, 0.2) is 0 Å². The van der Waals surface area contributed by atoms with E-state index in [2.05, 4.69) is 22.4 Å². The predicted molar refractivity (Wildman–Crippen MR) is 81.2 cm³/mol. The number of nitrogens with two attached hydrogens (primary N) is 1. The Kier molecular flexibility index (Phi) is 3.48.